The number of anilines is 1. The topological polar surface area (TPSA) is 49.9 Å². The Bertz CT molecular complexity index is 906. The molecule has 0 radical (unpaired) electrons. The van der Waals surface area contributed by atoms with E-state index in [1.165, 1.54) is 6.08 Å². The van der Waals surface area contributed by atoms with Gasteiger partial charge in [-0.2, -0.15) is 0 Å². The van der Waals surface area contributed by atoms with Crippen LogP contribution in [-0.4, -0.2) is 37.4 Å². The highest BCUT2D eigenvalue weighted by Gasteiger charge is 2.25. The summed E-state index contributed by atoms with van der Waals surface area (Å²) >= 11 is 0. The number of ether oxygens (including phenoxy) is 1. The molecule has 0 saturated carbocycles. The second kappa shape index (κ2) is 8.30. The predicted octanol–water partition coefficient (Wildman–Crippen LogP) is 3.99. The van der Waals surface area contributed by atoms with Crippen LogP contribution in [0.4, 0.5) is 5.69 Å². The van der Waals surface area contributed by atoms with Gasteiger partial charge in [0.15, 0.2) is 0 Å². The minimum Gasteiger partial charge on any atom is -0.496 e. The van der Waals surface area contributed by atoms with E-state index in [4.69, 9.17) is 4.74 Å². The van der Waals surface area contributed by atoms with Gasteiger partial charge in [-0.15, -0.1) is 0 Å². The van der Waals surface area contributed by atoms with Crippen molar-refractivity contribution in [3.63, 3.8) is 0 Å². The third-order valence-corrected chi connectivity index (χ3v) is 5.38. The zero-order valence-corrected chi connectivity index (χ0v) is 16.6. The molecule has 1 aliphatic heterocycles. The van der Waals surface area contributed by atoms with E-state index in [0.29, 0.717) is 12.1 Å². The molecule has 0 N–H and O–H groups in total. The molecule has 5 heteroatoms. The SMILES string of the molecule is C=CC(=O)N1CCCc2cc(C(=O)N(C)[C@H](C)c3ccccc3OC)ccc21. The first-order valence-corrected chi connectivity index (χ1v) is 9.44. The fraction of sp³-hybridized carbons (Fsp3) is 0.304. The van der Waals surface area contributed by atoms with E-state index >= 15 is 0 Å². The summed E-state index contributed by atoms with van der Waals surface area (Å²) in [5.41, 5.74) is 3.47. The average Bonchev–Trinajstić information content (AvgIpc) is 2.76. The van der Waals surface area contributed by atoms with E-state index < -0.39 is 0 Å². The van der Waals surface area contributed by atoms with Crippen LogP contribution in [0, 0.1) is 0 Å². The number of para-hydroxylation sites is 1. The van der Waals surface area contributed by atoms with Crippen molar-refractivity contribution >= 4 is 17.5 Å². The number of fused-ring (bicyclic) bond motifs is 1. The van der Waals surface area contributed by atoms with Crippen LogP contribution in [0.15, 0.2) is 55.1 Å². The molecule has 28 heavy (non-hydrogen) atoms. The number of amides is 2. The summed E-state index contributed by atoms with van der Waals surface area (Å²) in [5, 5.41) is 0. The lowest BCUT2D eigenvalue weighted by Crippen LogP contribution is -2.34. The highest BCUT2D eigenvalue weighted by Crippen LogP contribution is 2.31. The second-order valence-corrected chi connectivity index (χ2v) is 6.98. The summed E-state index contributed by atoms with van der Waals surface area (Å²) in [4.78, 5) is 28.6. The van der Waals surface area contributed by atoms with Crippen LogP contribution in [0.1, 0.15) is 40.9 Å². The molecule has 0 bridgehead atoms. The Kier molecular flexibility index (Phi) is 5.83. The first-order chi connectivity index (χ1) is 13.5. The summed E-state index contributed by atoms with van der Waals surface area (Å²) in [6, 6.07) is 13.1. The fourth-order valence-corrected chi connectivity index (χ4v) is 3.67. The van der Waals surface area contributed by atoms with Gasteiger partial charge in [0, 0.05) is 30.4 Å². The van der Waals surface area contributed by atoms with Crippen LogP contribution in [0.5, 0.6) is 5.75 Å². The molecule has 146 valence electrons. The Morgan fingerprint density at radius 2 is 2.00 bits per heavy atom. The molecule has 2 aromatic carbocycles. The Morgan fingerprint density at radius 1 is 1.25 bits per heavy atom. The lowest BCUT2D eigenvalue weighted by atomic mass is 9.98. The van der Waals surface area contributed by atoms with Crippen LogP contribution in [0.25, 0.3) is 0 Å². The Balaban J connectivity index is 1.86. The van der Waals surface area contributed by atoms with Gasteiger partial charge in [0.05, 0.1) is 13.2 Å². The quantitative estimate of drug-likeness (QED) is 0.739. The van der Waals surface area contributed by atoms with E-state index in [2.05, 4.69) is 6.58 Å². The van der Waals surface area contributed by atoms with E-state index in [0.717, 1.165) is 35.4 Å². The molecule has 2 amide bonds. The van der Waals surface area contributed by atoms with Crippen LogP contribution >= 0.6 is 0 Å². The van der Waals surface area contributed by atoms with Crippen molar-refractivity contribution in [2.45, 2.75) is 25.8 Å². The van der Waals surface area contributed by atoms with Gasteiger partial charge >= 0.3 is 0 Å². The molecule has 2 aromatic rings. The number of hydrogen-bond donors (Lipinski definition) is 0. The Labute approximate surface area is 166 Å². The molecule has 0 spiro atoms. The molecule has 0 fully saturated rings. The van der Waals surface area contributed by atoms with Crippen molar-refractivity contribution in [2.24, 2.45) is 0 Å². The molecule has 1 atom stereocenters. The number of carbonyl (C=O) groups excluding carboxylic acids is 2. The maximum Gasteiger partial charge on any atom is 0.254 e. The standard InChI is InChI=1S/C23H26N2O3/c1-5-22(26)25-14-8-9-17-15-18(12-13-20(17)25)23(27)24(3)16(2)19-10-6-7-11-21(19)28-4/h5-7,10-13,15-16H,1,8-9,14H2,2-4H3/t16-/m1/s1. The minimum absolute atomic E-state index is 0.0617. The van der Waals surface area contributed by atoms with Crippen molar-refractivity contribution in [1.29, 1.82) is 0 Å². The maximum absolute atomic E-state index is 13.1. The molecule has 0 saturated heterocycles. The van der Waals surface area contributed by atoms with Crippen molar-refractivity contribution in [3.05, 3.63) is 71.8 Å². The number of nitrogens with zero attached hydrogens (tertiary/aromatic N) is 2. The number of benzene rings is 2. The molecule has 0 aromatic heterocycles. The molecule has 0 unspecified atom stereocenters. The summed E-state index contributed by atoms with van der Waals surface area (Å²) in [5.74, 6) is 0.592. The van der Waals surface area contributed by atoms with Gasteiger partial charge in [0.1, 0.15) is 5.75 Å². The van der Waals surface area contributed by atoms with Crippen LogP contribution in [0.2, 0.25) is 0 Å². The molecular weight excluding hydrogens is 352 g/mol. The van der Waals surface area contributed by atoms with Gasteiger partial charge in [-0.25, -0.2) is 0 Å². The molecule has 1 heterocycles. The monoisotopic (exact) mass is 378 g/mol. The largest absolute Gasteiger partial charge is 0.496 e. The smallest absolute Gasteiger partial charge is 0.254 e. The minimum atomic E-state index is -0.140. The van der Waals surface area contributed by atoms with Gasteiger partial charge in [0.2, 0.25) is 5.91 Å². The van der Waals surface area contributed by atoms with Crippen molar-refractivity contribution in [1.82, 2.24) is 4.90 Å². The highest BCUT2D eigenvalue weighted by molar-refractivity contribution is 6.02. The number of carbonyl (C=O) groups is 2. The molecule has 3 rings (SSSR count). The second-order valence-electron chi connectivity index (χ2n) is 6.98. The highest BCUT2D eigenvalue weighted by atomic mass is 16.5. The normalized spacial score (nSPS) is 14.0. The number of aryl methyl sites for hydroxylation is 1. The Morgan fingerprint density at radius 3 is 2.71 bits per heavy atom. The lowest BCUT2D eigenvalue weighted by molar-refractivity contribution is -0.114. The molecule has 5 nitrogen and oxygen atoms in total. The summed E-state index contributed by atoms with van der Waals surface area (Å²) in [6.45, 7) is 6.24. The number of hydrogen-bond acceptors (Lipinski definition) is 3. The summed E-state index contributed by atoms with van der Waals surface area (Å²) in [7, 11) is 3.43. The average molecular weight is 378 g/mol. The molecular formula is C23H26N2O3. The van der Waals surface area contributed by atoms with E-state index in [1.807, 2.05) is 43.3 Å². The van der Waals surface area contributed by atoms with Gasteiger partial charge in [0.25, 0.3) is 5.91 Å². The van der Waals surface area contributed by atoms with Crippen LogP contribution in [0.3, 0.4) is 0 Å². The first-order valence-electron chi connectivity index (χ1n) is 9.44. The zero-order valence-electron chi connectivity index (χ0n) is 16.6. The van der Waals surface area contributed by atoms with Crippen molar-refractivity contribution in [3.8, 4) is 5.75 Å². The summed E-state index contributed by atoms with van der Waals surface area (Å²) < 4.78 is 5.44. The van der Waals surface area contributed by atoms with Crippen LogP contribution in [-0.2, 0) is 11.2 Å². The van der Waals surface area contributed by atoms with Crippen LogP contribution < -0.4 is 9.64 Å². The van der Waals surface area contributed by atoms with E-state index in [9.17, 15) is 9.59 Å². The lowest BCUT2D eigenvalue weighted by Gasteiger charge is -2.30. The van der Waals surface area contributed by atoms with Gasteiger partial charge in [-0.3, -0.25) is 9.59 Å². The Hall–Kier alpha value is -3.08. The van der Waals surface area contributed by atoms with E-state index in [-0.39, 0.29) is 17.9 Å². The van der Waals surface area contributed by atoms with Crippen molar-refractivity contribution in [2.75, 3.05) is 25.6 Å². The third kappa shape index (κ3) is 3.65. The molecule has 0 aliphatic carbocycles. The van der Waals surface area contributed by atoms with Gasteiger partial charge < -0.3 is 14.5 Å². The number of rotatable bonds is 5. The zero-order chi connectivity index (χ0) is 20.3. The predicted molar refractivity (Wildman–Crippen MR) is 111 cm³/mol. The summed E-state index contributed by atoms with van der Waals surface area (Å²) in [6.07, 6.45) is 3.05. The third-order valence-electron chi connectivity index (χ3n) is 5.38. The maximum atomic E-state index is 13.1. The number of methoxy groups -OCH3 is 1. The molecule has 1 aliphatic rings. The van der Waals surface area contributed by atoms with E-state index in [1.54, 1.807) is 30.0 Å². The van der Waals surface area contributed by atoms with Gasteiger partial charge in [-0.1, -0.05) is 24.8 Å². The first kappa shape index (κ1) is 19.7. The van der Waals surface area contributed by atoms with Crippen molar-refractivity contribution < 1.29 is 14.3 Å². The fourth-order valence-electron chi connectivity index (χ4n) is 3.67. The van der Waals surface area contributed by atoms with Gasteiger partial charge in [-0.05, 0) is 55.7 Å².